The molecular weight excluding hydrogens is 496 g/mol. The summed E-state index contributed by atoms with van der Waals surface area (Å²) in [5, 5.41) is 5.65. The molecule has 4 rings (SSSR count). The number of carbonyl (C=O) groups is 3. The summed E-state index contributed by atoms with van der Waals surface area (Å²) in [5.74, 6) is -1.82. The third kappa shape index (κ3) is 6.36. The molecule has 0 saturated carbocycles. The van der Waals surface area contributed by atoms with Crippen LogP contribution in [0.25, 0.3) is 10.9 Å². The smallest absolute Gasteiger partial charge is 0.242 e. The van der Waals surface area contributed by atoms with Crippen LogP contribution >= 0.6 is 0 Å². The van der Waals surface area contributed by atoms with E-state index in [4.69, 9.17) is 4.74 Å². The Bertz CT molecular complexity index is 1420. The van der Waals surface area contributed by atoms with Gasteiger partial charge in [0.05, 0.1) is 17.1 Å². The van der Waals surface area contributed by atoms with Crippen molar-refractivity contribution >= 4 is 49.8 Å². The fraction of sp³-hybridized carbons (Fsp3) is 0.346. The number of ether oxygens (including phenoxy) is 1. The summed E-state index contributed by atoms with van der Waals surface area (Å²) < 4.78 is 33.9. The molecule has 0 aliphatic carbocycles. The number of benzene rings is 2. The number of sulfone groups is 1. The summed E-state index contributed by atoms with van der Waals surface area (Å²) in [5.41, 5.74) is 1.55. The first kappa shape index (κ1) is 26.4. The van der Waals surface area contributed by atoms with Crippen molar-refractivity contribution in [3.05, 3.63) is 54.7 Å². The molecule has 2 N–H and O–H groups in total. The van der Waals surface area contributed by atoms with Gasteiger partial charge in [0.1, 0.15) is 12.3 Å². The highest BCUT2D eigenvalue weighted by molar-refractivity contribution is 7.92. The molecule has 1 fully saturated rings. The second-order valence-electron chi connectivity index (χ2n) is 9.26. The Labute approximate surface area is 215 Å². The molecule has 0 radical (unpaired) electrons. The van der Waals surface area contributed by atoms with E-state index in [9.17, 15) is 22.8 Å². The maximum atomic E-state index is 13.3. The van der Waals surface area contributed by atoms with Crippen LogP contribution < -0.4 is 10.6 Å². The van der Waals surface area contributed by atoms with Crippen molar-refractivity contribution < 1.29 is 27.5 Å². The second kappa shape index (κ2) is 10.7. The fourth-order valence-electron chi connectivity index (χ4n) is 4.51. The quantitative estimate of drug-likeness (QED) is 0.487. The van der Waals surface area contributed by atoms with E-state index in [2.05, 4.69) is 10.6 Å². The standard InChI is InChI=1S/C26H30N4O6S/c1-17-12-30(13-18(2)36-17)26(33)15-29-14-24(22-6-4-5-7-23(22)29)37(34,35)16-25(32)28-21-10-8-20(9-11-21)27-19(3)31/h4-11,14,17-18H,12-13,15-16H2,1-3H3,(H,27,31)(H,28,32)/t17-,18-/m1/s1. The first-order valence-corrected chi connectivity index (χ1v) is 13.6. The van der Waals surface area contributed by atoms with E-state index in [1.807, 2.05) is 13.8 Å². The number of morpholine rings is 1. The van der Waals surface area contributed by atoms with Crippen molar-refractivity contribution in [1.82, 2.24) is 9.47 Å². The maximum Gasteiger partial charge on any atom is 0.242 e. The Hall–Kier alpha value is -3.70. The summed E-state index contributed by atoms with van der Waals surface area (Å²) in [7, 11) is -4.02. The molecule has 3 aromatic rings. The highest BCUT2D eigenvalue weighted by atomic mass is 32.2. The lowest BCUT2D eigenvalue weighted by Gasteiger charge is -2.35. The van der Waals surface area contributed by atoms with Gasteiger partial charge in [0.25, 0.3) is 0 Å². The van der Waals surface area contributed by atoms with E-state index < -0.39 is 21.5 Å². The van der Waals surface area contributed by atoms with Gasteiger partial charge in [0.2, 0.25) is 17.7 Å². The van der Waals surface area contributed by atoms with Gasteiger partial charge in [-0.05, 0) is 44.2 Å². The number of nitrogens with one attached hydrogen (secondary N) is 2. The fourth-order valence-corrected chi connectivity index (χ4v) is 5.87. The molecule has 196 valence electrons. The zero-order chi connectivity index (χ0) is 26.7. The molecule has 0 spiro atoms. The maximum absolute atomic E-state index is 13.3. The number of anilines is 2. The molecule has 2 heterocycles. The van der Waals surface area contributed by atoms with Crippen LogP contribution in [0.2, 0.25) is 0 Å². The molecule has 11 heteroatoms. The summed E-state index contributed by atoms with van der Waals surface area (Å²) in [6.45, 7) is 6.13. The topological polar surface area (TPSA) is 127 Å². The molecule has 10 nitrogen and oxygen atoms in total. The van der Waals surface area contributed by atoms with Gasteiger partial charge in [-0.1, -0.05) is 18.2 Å². The molecule has 2 atom stereocenters. The minimum absolute atomic E-state index is 0.00392. The van der Waals surface area contributed by atoms with Crippen LogP contribution in [-0.4, -0.2) is 66.7 Å². The van der Waals surface area contributed by atoms with Crippen LogP contribution in [-0.2, 0) is 35.5 Å². The van der Waals surface area contributed by atoms with Crippen molar-refractivity contribution in [3.63, 3.8) is 0 Å². The molecular formula is C26H30N4O6S. The van der Waals surface area contributed by atoms with Crippen LogP contribution in [0.3, 0.4) is 0 Å². The van der Waals surface area contributed by atoms with Crippen LogP contribution in [0.1, 0.15) is 20.8 Å². The number of fused-ring (bicyclic) bond motifs is 1. The lowest BCUT2D eigenvalue weighted by Crippen LogP contribution is -2.49. The third-order valence-corrected chi connectivity index (χ3v) is 7.61. The number of amides is 3. The average molecular weight is 527 g/mol. The number of carbonyl (C=O) groups excluding carboxylic acids is 3. The number of hydrogen-bond acceptors (Lipinski definition) is 6. The van der Waals surface area contributed by atoms with Gasteiger partial charge in [-0.2, -0.15) is 0 Å². The van der Waals surface area contributed by atoms with Crippen LogP contribution in [0.5, 0.6) is 0 Å². The van der Waals surface area contributed by atoms with Crippen LogP contribution in [0.15, 0.2) is 59.6 Å². The lowest BCUT2D eigenvalue weighted by molar-refractivity contribution is -0.143. The first-order chi connectivity index (χ1) is 17.5. The molecule has 3 amide bonds. The number of nitrogens with zero attached hydrogens (tertiary/aromatic N) is 2. The first-order valence-electron chi connectivity index (χ1n) is 11.9. The van der Waals surface area contributed by atoms with Gasteiger partial charge in [-0.15, -0.1) is 0 Å². The lowest BCUT2D eigenvalue weighted by atomic mass is 10.2. The van der Waals surface area contributed by atoms with Crippen molar-refractivity contribution in [2.75, 3.05) is 29.5 Å². The van der Waals surface area contributed by atoms with Gasteiger partial charge in [-0.25, -0.2) is 8.42 Å². The minimum Gasteiger partial charge on any atom is -0.372 e. The summed E-state index contributed by atoms with van der Waals surface area (Å²) in [6.07, 6.45) is 1.27. The molecule has 2 aromatic carbocycles. The van der Waals surface area contributed by atoms with E-state index in [0.29, 0.717) is 35.4 Å². The van der Waals surface area contributed by atoms with Crippen molar-refractivity contribution in [2.24, 2.45) is 0 Å². The number of rotatable bonds is 7. The number of aromatic nitrogens is 1. The highest BCUT2D eigenvalue weighted by Crippen LogP contribution is 2.27. The van der Waals surface area contributed by atoms with Gasteiger partial charge in [-0.3, -0.25) is 14.4 Å². The summed E-state index contributed by atoms with van der Waals surface area (Å²) >= 11 is 0. The summed E-state index contributed by atoms with van der Waals surface area (Å²) in [4.78, 5) is 38.5. The third-order valence-electron chi connectivity index (χ3n) is 5.98. The van der Waals surface area contributed by atoms with E-state index >= 15 is 0 Å². The molecule has 0 bridgehead atoms. The van der Waals surface area contributed by atoms with Gasteiger partial charge in [0.15, 0.2) is 9.84 Å². The molecule has 1 saturated heterocycles. The van der Waals surface area contributed by atoms with Crippen molar-refractivity contribution in [1.29, 1.82) is 0 Å². The van der Waals surface area contributed by atoms with E-state index in [-0.39, 0.29) is 35.5 Å². The largest absolute Gasteiger partial charge is 0.372 e. The Morgan fingerprint density at radius 1 is 0.946 bits per heavy atom. The highest BCUT2D eigenvalue weighted by Gasteiger charge is 2.28. The van der Waals surface area contributed by atoms with Gasteiger partial charge >= 0.3 is 0 Å². The number of hydrogen-bond donors (Lipinski definition) is 2. The normalized spacial score (nSPS) is 18.0. The van der Waals surface area contributed by atoms with Crippen molar-refractivity contribution in [2.45, 2.75) is 44.4 Å². The minimum atomic E-state index is -4.02. The van der Waals surface area contributed by atoms with E-state index in [0.717, 1.165) is 0 Å². The van der Waals surface area contributed by atoms with Crippen LogP contribution in [0.4, 0.5) is 11.4 Å². The molecule has 0 unspecified atom stereocenters. The van der Waals surface area contributed by atoms with Crippen LogP contribution in [0, 0.1) is 0 Å². The van der Waals surface area contributed by atoms with Gasteiger partial charge < -0.3 is 24.8 Å². The predicted molar refractivity (Wildman–Crippen MR) is 140 cm³/mol. The molecule has 1 aliphatic rings. The zero-order valence-corrected chi connectivity index (χ0v) is 21.7. The Morgan fingerprint density at radius 3 is 2.16 bits per heavy atom. The molecule has 1 aliphatic heterocycles. The predicted octanol–water partition coefficient (Wildman–Crippen LogP) is 2.65. The van der Waals surface area contributed by atoms with E-state index in [1.165, 1.54) is 13.1 Å². The van der Waals surface area contributed by atoms with E-state index in [1.54, 1.807) is 58.0 Å². The Balaban J connectivity index is 1.51. The molecule has 37 heavy (non-hydrogen) atoms. The average Bonchev–Trinajstić information content (AvgIpc) is 3.18. The summed E-state index contributed by atoms with van der Waals surface area (Å²) in [6, 6.07) is 13.3. The zero-order valence-electron chi connectivity index (χ0n) is 20.9. The van der Waals surface area contributed by atoms with Gasteiger partial charge in [0, 0.05) is 48.5 Å². The van der Waals surface area contributed by atoms with Crippen molar-refractivity contribution in [3.8, 4) is 0 Å². The Morgan fingerprint density at radius 2 is 1.54 bits per heavy atom. The monoisotopic (exact) mass is 526 g/mol. The number of para-hydroxylation sites is 1. The Kier molecular flexibility index (Phi) is 7.65. The second-order valence-corrected chi connectivity index (χ2v) is 11.2. The molecule has 1 aromatic heterocycles. The SMILES string of the molecule is CC(=O)Nc1ccc(NC(=O)CS(=O)(=O)c2cn(CC(=O)N3C[C@@H](C)O[C@H](C)C3)c3ccccc23)cc1.